The molecule has 0 bridgehead atoms. The summed E-state index contributed by atoms with van der Waals surface area (Å²) in [6.07, 6.45) is 5.84. The van der Waals surface area contributed by atoms with Crippen LogP contribution in [0.2, 0.25) is 0 Å². The SMILES string of the molecule is O=C(c1ccc(-n2cccc2)cc1)N(CCN1CCOCC1)C1CCOCC1. The molecule has 0 unspecified atom stereocenters. The van der Waals surface area contributed by atoms with E-state index in [-0.39, 0.29) is 11.9 Å². The predicted octanol–water partition coefficient (Wildman–Crippen LogP) is 2.43. The second-order valence-electron chi connectivity index (χ2n) is 7.43. The topological polar surface area (TPSA) is 46.9 Å². The van der Waals surface area contributed by atoms with Gasteiger partial charge in [-0.25, -0.2) is 0 Å². The Hall–Kier alpha value is -2.15. The Balaban J connectivity index is 1.46. The lowest BCUT2D eigenvalue weighted by Crippen LogP contribution is -2.48. The largest absolute Gasteiger partial charge is 0.381 e. The molecule has 1 aromatic heterocycles. The lowest BCUT2D eigenvalue weighted by atomic mass is 10.0. The minimum absolute atomic E-state index is 0.124. The highest BCUT2D eigenvalue weighted by Gasteiger charge is 2.27. The Kier molecular flexibility index (Phi) is 6.41. The zero-order valence-corrected chi connectivity index (χ0v) is 16.3. The molecule has 0 N–H and O–H groups in total. The molecule has 0 spiro atoms. The van der Waals surface area contributed by atoms with Gasteiger partial charge >= 0.3 is 0 Å². The number of carbonyl (C=O) groups is 1. The molecule has 6 nitrogen and oxygen atoms in total. The second kappa shape index (κ2) is 9.37. The fourth-order valence-electron chi connectivity index (χ4n) is 3.97. The maximum Gasteiger partial charge on any atom is 0.254 e. The van der Waals surface area contributed by atoms with E-state index in [4.69, 9.17) is 9.47 Å². The third kappa shape index (κ3) is 4.63. The van der Waals surface area contributed by atoms with Gasteiger partial charge in [-0.15, -0.1) is 0 Å². The van der Waals surface area contributed by atoms with Gasteiger partial charge < -0.3 is 18.9 Å². The summed E-state index contributed by atoms with van der Waals surface area (Å²) in [5, 5.41) is 0. The highest BCUT2D eigenvalue weighted by Crippen LogP contribution is 2.19. The first-order valence-corrected chi connectivity index (χ1v) is 10.2. The summed E-state index contributed by atoms with van der Waals surface area (Å²) in [7, 11) is 0. The van der Waals surface area contributed by atoms with E-state index in [1.807, 2.05) is 53.4 Å². The summed E-state index contributed by atoms with van der Waals surface area (Å²) < 4.78 is 13.0. The van der Waals surface area contributed by atoms with E-state index in [0.29, 0.717) is 0 Å². The van der Waals surface area contributed by atoms with E-state index in [9.17, 15) is 4.79 Å². The molecule has 4 rings (SSSR count). The van der Waals surface area contributed by atoms with Crippen LogP contribution in [-0.2, 0) is 9.47 Å². The molecule has 2 fully saturated rings. The normalized spacial score (nSPS) is 18.9. The van der Waals surface area contributed by atoms with Gasteiger partial charge in [0.2, 0.25) is 0 Å². The van der Waals surface area contributed by atoms with Crippen molar-refractivity contribution in [3.8, 4) is 5.69 Å². The van der Waals surface area contributed by atoms with Gasteiger partial charge in [0, 0.05) is 69.1 Å². The highest BCUT2D eigenvalue weighted by molar-refractivity contribution is 5.94. The predicted molar refractivity (Wildman–Crippen MR) is 108 cm³/mol. The molecule has 0 radical (unpaired) electrons. The van der Waals surface area contributed by atoms with Gasteiger partial charge in [-0.3, -0.25) is 9.69 Å². The molecular weight excluding hydrogens is 354 g/mol. The van der Waals surface area contributed by atoms with Gasteiger partial charge in [-0.2, -0.15) is 0 Å². The molecule has 0 aliphatic carbocycles. The molecule has 0 saturated carbocycles. The first-order chi connectivity index (χ1) is 13.8. The van der Waals surface area contributed by atoms with Crippen molar-refractivity contribution >= 4 is 5.91 Å². The number of amides is 1. The van der Waals surface area contributed by atoms with Crippen LogP contribution >= 0.6 is 0 Å². The summed E-state index contributed by atoms with van der Waals surface area (Å²) in [6, 6.07) is 12.2. The number of morpholine rings is 1. The molecule has 28 heavy (non-hydrogen) atoms. The van der Waals surface area contributed by atoms with Gasteiger partial charge in [0.25, 0.3) is 5.91 Å². The van der Waals surface area contributed by atoms with Gasteiger partial charge in [-0.05, 0) is 49.2 Å². The molecule has 150 valence electrons. The van der Waals surface area contributed by atoms with Crippen LogP contribution < -0.4 is 0 Å². The Morgan fingerprint density at radius 1 is 0.964 bits per heavy atom. The average Bonchev–Trinajstić information content (AvgIpc) is 3.30. The van der Waals surface area contributed by atoms with E-state index in [0.717, 1.165) is 76.7 Å². The number of rotatable bonds is 6. The van der Waals surface area contributed by atoms with E-state index in [1.54, 1.807) is 0 Å². The third-order valence-corrected chi connectivity index (χ3v) is 5.67. The Labute approximate surface area is 166 Å². The quantitative estimate of drug-likeness (QED) is 0.769. The second-order valence-corrected chi connectivity index (χ2v) is 7.43. The first-order valence-electron chi connectivity index (χ1n) is 10.2. The number of hydrogen-bond donors (Lipinski definition) is 0. The van der Waals surface area contributed by atoms with Crippen molar-refractivity contribution < 1.29 is 14.3 Å². The first kappa shape index (κ1) is 19.2. The Morgan fingerprint density at radius 3 is 2.29 bits per heavy atom. The van der Waals surface area contributed by atoms with Gasteiger partial charge in [0.05, 0.1) is 13.2 Å². The van der Waals surface area contributed by atoms with E-state index < -0.39 is 0 Å². The summed E-state index contributed by atoms with van der Waals surface area (Å²) in [5.41, 5.74) is 1.82. The van der Waals surface area contributed by atoms with Crippen molar-refractivity contribution in [2.45, 2.75) is 18.9 Å². The molecular formula is C22H29N3O3. The third-order valence-electron chi connectivity index (χ3n) is 5.67. The van der Waals surface area contributed by atoms with Crippen LogP contribution in [-0.4, -0.2) is 78.9 Å². The van der Waals surface area contributed by atoms with Crippen LogP contribution in [0.25, 0.3) is 5.69 Å². The maximum absolute atomic E-state index is 13.3. The van der Waals surface area contributed by atoms with Gasteiger partial charge in [0.1, 0.15) is 0 Å². The van der Waals surface area contributed by atoms with E-state index >= 15 is 0 Å². The van der Waals surface area contributed by atoms with Crippen LogP contribution in [0.15, 0.2) is 48.8 Å². The van der Waals surface area contributed by atoms with Crippen LogP contribution in [0, 0.1) is 0 Å². The summed E-state index contributed by atoms with van der Waals surface area (Å²) in [4.78, 5) is 17.8. The van der Waals surface area contributed by atoms with Gasteiger partial charge in [-0.1, -0.05) is 0 Å². The highest BCUT2D eigenvalue weighted by atomic mass is 16.5. The fraction of sp³-hybridized carbons (Fsp3) is 0.500. The smallest absolute Gasteiger partial charge is 0.254 e. The maximum atomic E-state index is 13.3. The monoisotopic (exact) mass is 383 g/mol. The van der Waals surface area contributed by atoms with Crippen LogP contribution in [0.3, 0.4) is 0 Å². The molecule has 1 aromatic carbocycles. The number of aromatic nitrogens is 1. The Bertz CT molecular complexity index is 733. The molecule has 6 heteroatoms. The van der Waals surface area contributed by atoms with Crippen molar-refractivity contribution in [3.63, 3.8) is 0 Å². The van der Waals surface area contributed by atoms with E-state index in [1.165, 1.54) is 0 Å². The zero-order chi connectivity index (χ0) is 19.2. The summed E-state index contributed by atoms with van der Waals surface area (Å²) >= 11 is 0. The molecule has 2 aliphatic rings. The van der Waals surface area contributed by atoms with Crippen molar-refractivity contribution in [3.05, 3.63) is 54.4 Å². The van der Waals surface area contributed by atoms with Crippen molar-refractivity contribution in [1.82, 2.24) is 14.4 Å². The average molecular weight is 383 g/mol. The lowest BCUT2D eigenvalue weighted by Gasteiger charge is -2.36. The number of benzene rings is 1. The van der Waals surface area contributed by atoms with Crippen LogP contribution in [0.1, 0.15) is 23.2 Å². The molecule has 0 atom stereocenters. The summed E-state index contributed by atoms with van der Waals surface area (Å²) in [5.74, 6) is 0.124. The van der Waals surface area contributed by atoms with Crippen molar-refractivity contribution in [2.75, 3.05) is 52.6 Å². The molecule has 1 amide bonds. The number of carbonyl (C=O) groups excluding carboxylic acids is 1. The summed E-state index contributed by atoms with van der Waals surface area (Å²) in [6.45, 7) is 6.58. The number of nitrogens with zero attached hydrogens (tertiary/aromatic N) is 3. The standard InChI is InChI=1S/C22H29N3O3/c26-22(19-3-5-20(6-4-19)24-9-1-2-10-24)25(21-7-15-27-16-8-21)12-11-23-13-17-28-18-14-23/h1-6,9-10,21H,7-8,11-18H2. The van der Waals surface area contributed by atoms with Crippen LogP contribution in [0.5, 0.6) is 0 Å². The zero-order valence-electron chi connectivity index (χ0n) is 16.3. The number of ether oxygens (including phenoxy) is 2. The molecule has 2 aromatic rings. The molecule has 3 heterocycles. The number of hydrogen-bond acceptors (Lipinski definition) is 4. The van der Waals surface area contributed by atoms with E-state index in [2.05, 4.69) is 9.80 Å². The fourth-order valence-corrected chi connectivity index (χ4v) is 3.97. The van der Waals surface area contributed by atoms with Gasteiger partial charge in [0.15, 0.2) is 0 Å². The molecule has 2 aliphatic heterocycles. The minimum Gasteiger partial charge on any atom is -0.381 e. The molecule has 2 saturated heterocycles. The van der Waals surface area contributed by atoms with Crippen molar-refractivity contribution in [2.24, 2.45) is 0 Å². The lowest BCUT2D eigenvalue weighted by molar-refractivity contribution is 0.0141. The Morgan fingerprint density at radius 2 is 1.61 bits per heavy atom. The minimum atomic E-state index is 0.124. The van der Waals surface area contributed by atoms with Crippen LogP contribution in [0.4, 0.5) is 0 Å². The van der Waals surface area contributed by atoms with Crippen molar-refractivity contribution in [1.29, 1.82) is 0 Å².